The van der Waals surface area contributed by atoms with Crippen LogP contribution in [0.15, 0.2) is 77.8 Å². The van der Waals surface area contributed by atoms with Crippen LogP contribution in [0.25, 0.3) is 10.8 Å². The summed E-state index contributed by atoms with van der Waals surface area (Å²) in [4.78, 5) is -0.406. The molecule has 0 amide bonds. The third-order valence-electron chi connectivity index (χ3n) is 6.48. The molecule has 1 aliphatic heterocycles. The average molecular weight is 595 g/mol. The summed E-state index contributed by atoms with van der Waals surface area (Å²) >= 11 is 0. The third-order valence-corrected chi connectivity index (χ3v) is 9.06. The van der Waals surface area contributed by atoms with Crippen molar-refractivity contribution in [3.63, 3.8) is 0 Å². The highest BCUT2D eigenvalue weighted by atomic mass is 32.2. The summed E-state index contributed by atoms with van der Waals surface area (Å²) in [5, 5.41) is 3.92. The monoisotopic (exact) mass is 594 g/mol. The minimum Gasteiger partial charge on any atom is -0.748 e. The van der Waals surface area contributed by atoms with Crippen LogP contribution in [-0.4, -0.2) is 67.2 Å². The van der Waals surface area contributed by atoms with Crippen LogP contribution in [0.4, 0.5) is 11.4 Å². The van der Waals surface area contributed by atoms with Crippen molar-refractivity contribution in [2.75, 3.05) is 23.4 Å². The van der Waals surface area contributed by atoms with Gasteiger partial charge < -0.3 is 9.87 Å². The molecule has 0 bridgehead atoms. The zero-order valence-corrected chi connectivity index (χ0v) is 23.1. The van der Waals surface area contributed by atoms with Gasteiger partial charge in [-0.3, -0.25) is 9.11 Å². The van der Waals surface area contributed by atoms with Crippen LogP contribution in [0.5, 0.6) is 0 Å². The van der Waals surface area contributed by atoms with Crippen molar-refractivity contribution in [3.05, 3.63) is 78.5 Å². The van der Waals surface area contributed by atoms with Gasteiger partial charge in [-0.05, 0) is 48.0 Å². The predicted molar refractivity (Wildman–Crippen MR) is 146 cm³/mol. The van der Waals surface area contributed by atoms with Crippen LogP contribution < -0.4 is 5.32 Å². The molecule has 3 N–H and O–H groups in total. The molecule has 0 aliphatic carbocycles. The highest BCUT2D eigenvalue weighted by Gasteiger charge is 2.51. The zero-order chi connectivity index (χ0) is 28.6. The number of hydrogen-bond donors (Lipinski definition) is 3. The number of nitrogens with zero attached hydrogens (tertiary/aromatic N) is 1. The van der Waals surface area contributed by atoms with Crippen molar-refractivity contribution in [2.24, 2.45) is 0 Å². The van der Waals surface area contributed by atoms with Gasteiger partial charge in [0.25, 0.3) is 20.2 Å². The smallest absolute Gasteiger partial charge is 0.294 e. The number of anilines is 1. The lowest BCUT2D eigenvalue weighted by atomic mass is 9.79. The van der Waals surface area contributed by atoms with Crippen LogP contribution >= 0.6 is 0 Å². The van der Waals surface area contributed by atoms with Gasteiger partial charge in [-0.25, -0.2) is 8.42 Å². The van der Waals surface area contributed by atoms with E-state index in [1.54, 1.807) is 48.0 Å². The summed E-state index contributed by atoms with van der Waals surface area (Å²) in [6.45, 7) is 1.57. The Balaban J connectivity index is 1.96. The maximum Gasteiger partial charge on any atom is 0.294 e. The van der Waals surface area contributed by atoms with Crippen LogP contribution in [-0.2, 0) is 35.8 Å². The summed E-state index contributed by atoms with van der Waals surface area (Å²) in [5.41, 5.74) is 0.419. The van der Waals surface area contributed by atoms with Crippen LogP contribution in [0.3, 0.4) is 0 Å². The zero-order valence-electron chi connectivity index (χ0n) is 20.7. The van der Waals surface area contributed by atoms with Crippen molar-refractivity contribution in [3.8, 4) is 0 Å². The Morgan fingerprint density at radius 1 is 0.974 bits per heavy atom. The first-order valence-electron chi connectivity index (χ1n) is 11.7. The first-order chi connectivity index (χ1) is 18.1. The number of allylic oxidation sites excluding steroid dienone is 1. The van der Waals surface area contributed by atoms with Crippen molar-refractivity contribution < 1.29 is 43.5 Å². The van der Waals surface area contributed by atoms with Gasteiger partial charge in [0.05, 0.1) is 20.8 Å². The standard InChI is InChI=1S/C25H26N2O9S3/c1-25(17-38(31,32)33)23(12-13-26-19-6-3-2-4-7-19)27(14-5-15-37(28,29)30)22-11-9-18-8-10-20(39(34,35)36)16-21(18)24(22)25/h2-4,6-13,16H,5,14-15,17H2,1H3,(H3,28,29,30,31,32,33,34,35,36). The lowest BCUT2D eigenvalue weighted by Crippen LogP contribution is -2.38. The number of hydrogen-bond acceptors (Lipinski definition) is 8. The van der Waals surface area contributed by atoms with Crippen LogP contribution in [0, 0.1) is 0 Å². The van der Waals surface area contributed by atoms with Gasteiger partial charge in [0.15, 0.2) is 5.71 Å². The number of benzene rings is 3. The van der Waals surface area contributed by atoms with E-state index in [9.17, 15) is 38.9 Å². The molecule has 1 heterocycles. The summed E-state index contributed by atoms with van der Waals surface area (Å²) in [6, 6.07) is 16.3. The molecular formula is C25H26N2O9S3. The first-order valence-corrected chi connectivity index (χ1v) is 16.3. The molecule has 1 aliphatic rings. The predicted octanol–water partition coefficient (Wildman–Crippen LogP) is 2.89. The Kier molecular flexibility index (Phi) is 7.73. The van der Waals surface area contributed by atoms with E-state index in [4.69, 9.17) is 0 Å². The van der Waals surface area contributed by atoms with Crippen molar-refractivity contribution >= 4 is 58.2 Å². The SMILES string of the molecule is CC1(CS(=O)(=O)O)C(/C=C/Nc2ccccc2)=[N+](CCCS(=O)(=O)[O-])c2ccc3ccc(S(=O)(=O)O)cc3c21. The molecule has 3 aromatic rings. The van der Waals surface area contributed by atoms with Crippen LogP contribution in [0.1, 0.15) is 18.9 Å². The maximum absolute atomic E-state index is 12.3. The summed E-state index contributed by atoms with van der Waals surface area (Å²) in [5.74, 6) is -1.45. The van der Waals surface area contributed by atoms with Crippen LogP contribution in [0.2, 0.25) is 0 Å². The fourth-order valence-electron chi connectivity index (χ4n) is 4.98. The first kappa shape index (κ1) is 28.9. The summed E-state index contributed by atoms with van der Waals surface area (Å²) < 4.78 is 103. The number of nitrogens with one attached hydrogen (secondary N) is 1. The van der Waals surface area contributed by atoms with E-state index in [1.807, 2.05) is 18.2 Å². The van der Waals surface area contributed by atoms with E-state index in [0.717, 1.165) is 5.69 Å². The molecule has 0 radical (unpaired) electrons. The Bertz CT molecular complexity index is 1820. The number of rotatable bonds is 10. The Morgan fingerprint density at radius 3 is 2.26 bits per heavy atom. The second-order valence-corrected chi connectivity index (χ2v) is 13.8. The summed E-state index contributed by atoms with van der Waals surface area (Å²) in [6.07, 6.45) is 3.06. The van der Waals surface area contributed by atoms with E-state index >= 15 is 0 Å². The second kappa shape index (κ2) is 10.4. The van der Waals surface area contributed by atoms with Crippen molar-refractivity contribution in [2.45, 2.75) is 23.7 Å². The average Bonchev–Trinajstić information content (AvgIpc) is 3.04. The number of para-hydroxylation sites is 1. The van der Waals surface area contributed by atoms with Gasteiger partial charge >= 0.3 is 0 Å². The molecule has 208 valence electrons. The topological polar surface area (TPSA) is 181 Å². The Labute approximate surface area is 226 Å². The molecule has 1 unspecified atom stereocenters. The lowest BCUT2D eigenvalue weighted by molar-refractivity contribution is -0.437. The van der Waals surface area contributed by atoms with Gasteiger partial charge in [-0.2, -0.15) is 21.4 Å². The Hall–Kier alpha value is -3.14. The van der Waals surface area contributed by atoms with Crippen molar-refractivity contribution in [1.82, 2.24) is 0 Å². The molecule has 3 aromatic carbocycles. The molecule has 0 saturated carbocycles. The van der Waals surface area contributed by atoms with E-state index in [0.29, 0.717) is 27.7 Å². The fourth-order valence-corrected chi connectivity index (χ4v) is 7.00. The molecule has 14 heteroatoms. The molecule has 0 aromatic heterocycles. The van der Waals surface area contributed by atoms with E-state index in [1.165, 1.54) is 18.2 Å². The lowest BCUT2D eigenvalue weighted by Gasteiger charge is -2.22. The highest BCUT2D eigenvalue weighted by Crippen LogP contribution is 2.45. The molecule has 0 fully saturated rings. The Morgan fingerprint density at radius 2 is 1.64 bits per heavy atom. The quantitative estimate of drug-likeness (QED) is 0.233. The maximum atomic E-state index is 12.3. The van der Waals surface area contributed by atoms with Gasteiger partial charge in [0.2, 0.25) is 5.69 Å². The minimum atomic E-state index is -4.61. The third kappa shape index (κ3) is 6.54. The number of fused-ring (bicyclic) bond motifs is 3. The van der Waals surface area contributed by atoms with E-state index < -0.39 is 52.2 Å². The van der Waals surface area contributed by atoms with Gasteiger partial charge in [0.1, 0.15) is 12.0 Å². The molecule has 11 nitrogen and oxygen atoms in total. The summed E-state index contributed by atoms with van der Waals surface area (Å²) in [7, 11) is -13.7. The molecule has 0 saturated heterocycles. The van der Waals surface area contributed by atoms with E-state index in [2.05, 4.69) is 5.32 Å². The second-order valence-electron chi connectivity index (χ2n) is 9.37. The molecule has 0 spiro atoms. The largest absolute Gasteiger partial charge is 0.748 e. The molecular weight excluding hydrogens is 568 g/mol. The van der Waals surface area contributed by atoms with Gasteiger partial charge in [0, 0.05) is 41.8 Å². The fraction of sp³-hybridized carbons (Fsp3) is 0.240. The highest BCUT2D eigenvalue weighted by molar-refractivity contribution is 7.86. The molecule has 1 atom stereocenters. The van der Waals surface area contributed by atoms with Crippen molar-refractivity contribution in [1.29, 1.82) is 0 Å². The van der Waals surface area contributed by atoms with Gasteiger partial charge in [-0.15, -0.1) is 0 Å². The normalized spacial score (nSPS) is 18.2. The van der Waals surface area contributed by atoms with E-state index in [-0.39, 0.29) is 13.0 Å². The van der Waals surface area contributed by atoms with Gasteiger partial charge in [-0.1, -0.05) is 24.3 Å². The molecule has 39 heavy (non-hydrogen) atoms. The minimum absolute atomic E-state index is 0.00401. The molecule has 4 rings (SSSR count).